The number of amides is 1. The summed E-state index contributed by atoms with van der Waals surface area (Å²) in [4.78, 5) is 12.2. The van der Waals surface area contributed by atoms with E-state index in [1.807, 2.05) is 24.3 Å². The van der Waals surface area contributed by atoms with Gasteiger partial charge >= 0.3 is 0 Å². The van der Waals surface area contributed by atoms with Gasteiger partial charge in [-0.25, -0.2) is 13.1 Å². The first-order valence-corrected chi connectivity index (χ1v) is 10.4. The topological polar surface area (TPSA) is 75.3 Å². The summed E-state index contributed by atoms with van der Waals surface area (Å²) in [6.45, 7) is 3.81. The summed E-state index contributed by atoms with van der Waals surface area (Å²) < 4.78 is 26.9. The second kappa shape index (κ2) is 9.16. The van der Waals surface area contributed by atoms with Crippen LogP contribution in [0.15, 0.2) is 48.5 Å². The molecule has 0 radical (unpaired) electrons. The number of nitrogens with one attached hydrogen (secondary N) is 2. The van der Waals surface area contributed by atoms with Crippen molar-refractivity contribution in [3.05, 3.63) is 70.2 Å². The lowest BCUT2D eigenvalue weighted by Gasteiger charge is -2.13. The fraction of sp³-hybridized carbons (Fsp3) is 0.316. The Morgan fingerprint density at radius 2 is 1.58 bits per heavy atom. The first-order chi connectivity index (χ1) is 12.3. The number of hydrogen-bond donors (Lipinski definition) is 2. The van der Waals surface area contributed by atoms with E-state index in [9.17, 15) is 13.2 Å². The van der Waals surface area contributed by atoms with Crippen LogP contribution in [0.2, 0.25) is 5.02 Å². The number of benzene rings is 2. The Balaban J connectivity index is 2.02. The third-order valence-corrected chi connectivity index (χ3v) is 5.55. The van der Waals surface area contributed by atoms with Crippen molar-refractivity contribution in [1.82, 2.24) is 10.0 Å². The molecule has 0 aromatic heterocycles. The van der Waals surface area contributed by atoms with Crippen molar-refractivity contribution in [3.63, 3.8) is 0 Å². The Labute approximate surface area is 159 Å². The van der Waals surface area contributed by atoms with Gasteiger partial charge in [0.05, 0.1) is 12.2 Å². The summed E-state index contributed by atoms with van der Waals surface area (Å²) in [5, 5.41) is 3.38. The molecule has 0 unspecified atom stereocenters. The Kier molecular flexibility index (Phi) is 7.20. The summed E-state index contributed by atoms with van der Waals surface area (Å²) in [6, 6.07) is 14.2. The molecule has 0 saturated heterocycles. The zero-order chi connectivity index (χ0) is 19.2. The van der Waals surface area contributed by atoms with Gasteiger partial charge in [-0.2, -0.15) is 0 Å². The van der Waals surface area contributed by atoms with Crippen LogP contribution < -0.4 is 10.0 Å². The average molecular weight is 395 g/mol. The second-order valence-electron chi connectivity index (χ2n) is 6.35. The minimum Gasteiger partial charge on any atom is -0.352 e. The Morgan fingerprint density at radius 1 is 1.00 bits per heavy atom. The van der Waals surface area contributed by atoms with Gasteiger partial charge < -0.3 is 5.32 Å². The van der Waals surface area contributed by atoms with Crippen molar-refractivity contribution in [2.75, 3.05) is 0 Å². The molecular weight excluding hydrogens is 372 g/mol. The molecule has 140 valence electrons. The van der Waals surface area contributed by atoms with Crippen molar-refractivity contribution in [2.45, 2.75) is 38.6 Å². The fourth-order valence-corrected chi connectivity index (χ4v) is 4.24. The predicted octanol–water partition coefficient (Wildman–Crippen LogP) is 3.03. The average Bonchev–Trinajstić information content (AvgIpc) is 2.54. The lowest BCUT2D eigenvalue weighted by atomic mass is 10.1. The van der Waals surface area contributed by atoms with Crippen molar-refractivity contribution in [2.24, 2.45) is 0 Å². The van der Waals surface area contributed by atoms with Crippen LogP contribution >= 0.6 is 11.6 Å². The van der Waals surface area contributed by atoms with Gasteiger partial charge in [-0.05, 0) is 36.6 Å². The molecule has 2 aromatic carbocycles. The van der Waals surface area contributed by atoms with E-state index in [1.54, 1.807) is 38.1 Å². The molecule has 0 atom stereocenters. The minimum absolute atomic E-state index is 0.123. The molecule has 0 aliphatic carbocycles. The molecule has 0 aliphatic heterocycles. The summed E-state index contributed by atoms with van der Waals surface area (Å²) in [7, 11) is -3.43. The zero-order valence-corrected chi connectivity index (χ0v) is 16.4. The van der Waals surface area contributed by atoms with Gasteiger partial charge in [0.1, 0.15) is 0 Å². The summed E-state index contributed by atoms with van der Waals surface area (Å²) in [6.07, 6.45) is 0.176. The van der Waals surface area contributed by atoms with E-state index in [1.165, 1.54) is 0 Å². The molecule has 2 rings (SSSR count). The molecule has 0 fully saturated rings. The first kappa shape index (κ1) is 20.4. The normalized spacial score (nSPS) is 11.5. The number of carbonyl (C=O) groups excluding carboxylic acids is 1. The highest BCUT2D eigenvalue weighted by Gasteiger charge is 2.15. The van der Waals surface area contributed by atoms with Gasteiger partial charge in [0.2, 0.25) is 15.9 Å². The van der Waals surface area contributed by atoms with E-state index in [4.69, 9.17) is 11.6 Å². The third-order valence-electron chi connectivity index (χ3n) is 3.66. The Bertz CT molecular complexity index is 867. The lowest BCUT2D eigenvalue weighted by molar-refractivity contribution is -0.120. The van der Waals surface area contributed by atoms with Crippen LogP contribution in [0.25, 0.3) is 0 Å². The molecule has 0 spiro atoms. The summed E-state index contributed by atoms with van der Waals surface area (Å²) in [5.41, 5.74) is 2.19. The lowest BCUT2D eigenvalue weighted by Crippen LogP contribution is -2.32. The predicted molar refractivity (Wildman–Crippen MR) is 104 cm³/mol. The maximum Gasteiger partial charge on any atom is 0.224 e. The second-order valence-corrected chi connectivity index (χ2v) is 8.51. The van der Waals surface area contributed by atoms with E-state index in [2.05, 4.69) is 10.0 Å². The highest BCUT2D eigenvalue weighted by Crippen LogP contribution is 2.16. The van der Waals surface area contributed by atoms with Crippen molar-refractivity contribution < 1.29 is 13.2 Å². The molecule has 5 nitrogen and oxygen atoms in total. The molecule has 2 N–H and O–H groups in total. The highest BCUT2D eigenvalue weighted by molar-refractivity contribution is 7.88. The number of hydrogen-bond acceptors (Lipinski definition) is 3. The maximum absolute atomic E-state index is 12.2. The largest absolute Gasteiger partial charge is 0.352 e. The SMILES string of the molecule is CC(C)NS(=O)(=O)Cc1ccccc1CNC(=O)Cc1ccccc1Cl. The van der Waals surface area contributed by atoms with Gasteiger partial charge in [-0.1, -0.05) is 54.1 Å². The summed E-state index contributed by atoms with van der Waals surface area (Å²) in [5.74, 6) is -0.294. The fourth-order valence-electron chi connectivity index (χ4n) is 2.55. The number of halogens is 1. The van der Waals surface area contributed by atoms with Crippen LogP contribution in [0, 0.1) is 0 Å². The number of carbonyl (C=O) groups is 1. The maximum atomic E-state index is 12.2. The van der Waals surface area contributed by atoms with E-state index in [0.717, 1.165) is 11.1 Å². The molecule has 1 amide bonds. The Morgan fingerprint density at radius 3 is 2.19 bits per heavy atom. The number of sulfonamides is 1. The van der Waals surface area contributed by atoms with Gasteiger partial charge in [0.25, 0.3) is 0 Å². The van der Waals surface area contributed by atoms with Crippen LogP contribution in [0.5, 0.6) is 0 Å². The zero-order valence-electron chi connectivity index (χ0n) is 14.8. The minimum atomic E-state index is -3.43. The molecule has 2 aromatic rings. The van der Waals surface area contributed by atoms with Crippen LogP contribution in [-0.4, -0.2) is 20.4 Å². The van der Waals surface area contributed by atoms with Gasteiger partial charge in [-0.3, -0.25) is 4.79 Å². The molecule has 0 bridgehead atoms. The van der Waals surface area contributed by atoms with Crippen LogP contribution in [0.4, 0.5) is 0 Å². The molecule has 0 saturated carbocycles. The van der Waals surface area contributed by atoms with E-state index in [0.29, 0.717) is 10.6 Å². The van der Waals surface area contributed by atoms with Gasteiger partial charge in [0, 0.05) is 17.6 Å². The van der Waals surface area contributed by atoms with E-state index < -0.39 is 10.0 Å². The van der Waals surface area contributed by atoms with Crippen LogP contribution in [0.1, 0.15) is 30.5 Å². The molecule has 0 heterocycles. The molecular formula is C19H23ClN2O3S. The van der Waals surface area contributed by atoms with E-state index in [-0.39, 0.29) is 30.7 Å². The first-order valence-electron chi connectivity index (χ1n) is 8.34. The van der Waals surface area contributed by atoms with Crippen molar-refractivity contribution >= 4 is 27.5 Å². The van der Waals surface area contributed by atoms with Crippen molar-refractivity contribution in [3.8, 4) is 0 Å². The van der Waals surface area contributed by atoms with E-state index >= 15 is 0 Å². The highest BCUT2D eigenvalue weighted by atomic mass is 35.5. The summed E-state index contributed by atoms with van der Waals surface area (Å²) >= 11 is 6.07. The van der Waals surface area contributed by atoms with Crippen molar-refractivity contribution in [1.29, 1.82) is 0 Å². The smallest absolute Gasteiger partial charge is 0.224 e. The van der Waals surface area contributed by atoms with Gasteiger partial charge in [-0.15, -0.1) is 0 Å². The standard InChI is InChI=1S/C19H23ClN2O3S/c1-14(2)22-26(24,25)13-17-9-4-3-8-16(17)12-21-19(23)11-15-7-5-6-10-18(15)20/h3-10,14,22H,11-13H2,1-2H3,(H,21,23). The third kappa shape index (κ3) is 6.44. The number of rotatable bonds is 8. The van der Waals surface area contributed by atoms with Crippen LogP contribution in [0.3, 0.4) is 0 Å². The van der Waals surface area contributed by atoms with Gasteiger partial charge in [0.15, 0.2) is 0 Å². The molecule has 7 heteroatoms. The quantitative estimate of drug-likeness (QED) is 0.722. The Hall–Kier alpha value is -1.89. The molecule has 0 aliphatic rings. The molecule has 26 heavy (non-hydrogen) atoms. The van der Waals surface area contributed by atoms with Crippen LogP contribution in [-0.2, 0) is 33.5 Å². The monoisotopic (exact) mass is 394 g/mol.